The van der Waals surface area contributed by atoms with Crippen molar-refractivity contribution in [3.63, 3.8) is 0 Å². The number of rotatable bonds is 6. The molecular formula is C16H24BrN3O3. The van der Waals surface area contributed by atoms with E-state index in [0.717, 1.165) is 28.9 Å². The van der Waals surface area contributed by atoms with Crippen molar-refractivity contribution in [3.05, 3.63) is 10.2 Å². The van der Waals surface area contributed by atoms with Crippen LogP contribution in [0.15, 0.2) is 4.47 Å². The van der Waals surface area contributed by atoms with E-state index in [0.29, 0.717) is 37.7 Å². The predicted molar refractivity (Wildman–Crippen MR) is 90.7 cm³/mol. The van der Waals surface area contributed by atoms with E-state index < -0.39 is 0 Å². The zero-order chi connectivity index (χ0) is 16.2. The summed E-state index contributed by atoms with van der Waals surface area (Å²) in [5, 5.41) is 3.47. The Bertz CT molecular complexity index is 532. The number of hydrogen-bond donors (Lipinski definition) is 1. The number of nitrogens with zero attached hydrogens (tertiary/aromatic N) is 2. The first kappa shape index (κ1) is 16.9. The summed E-state index contributed by atoms with van der Waals surface area (Å²) in [6.45, 7) is 3.95. The minimum atomic E-state index is 0.0694. The van der Waals surface area contributed by atoms with Gasteiger partial charge in [0.05, 0.1) is 25.5 Å². The second-order valence-corrected chi connectivity index (χ2v) is 7.22. The second kappa shape index (κ2) is 7.77. The maximum absolute atomic E-state index is 5.90. The molecule has 0 unspecified atom stereocenters. The van der Waals surface area contributed by atoms with Crippen LogP contribution < -0.4 is 10.1 Å². The van der Waals surface area contributed by atoms with E-state index in [9.17, 15) is 0 Å². The Kier molecular flexibility index (Phi) is 5.71. The molecule has 1 saturated heterocycles. The van der Waals surface area contributed by atoms with E-state index in [1.165, 1.54) is 12.8 Å². The van der Waals surface area contributed by atoms with Crippen molar-refractivity contribution in [1.82, 2.24) is 9.97 Å². The second-order valence-electron chi connectivity index (χ2n) is 6.42. The number of hydrogen-bond acceptors (Lipinski definition) is 6. The largest absolute Gasteiger partial charge is 0.468 e. The molecule has 1 aliphatic heterocycles. The topological polar surface area (TPSA) is 65.5 Å². The Morgan fingerprint density at radius 3 is 2.57 bits per heavy atom. The molecule has 1 N–H and O–H groups in total. The van der Waals surface area contributed by atoms with Gasteiger partial charge in [0.1, 0.15) is 10.6 Å². The molecule has 0 spiro atoms. The van der Waals surface area contributed by atoms with Crippen LogP contribution in [-0.2, 0) is 16.1 Å². The minimum absolute atomic E-state index is 0.0694. The van der Waals surface area contributed by atoms with Crippen LogP contribution in [0.5, 0.6) is 5.88 Å². The Labute approximate surface area is 145 Å². The highest BCUT2D eigenvalue weighted by Gasteiger charge is 2.25. The first-order chi connectivity index (χ1) is 11.2. The van der Waals surface area contributed by atoms with Gasteiger partial charge in [-0.05, 0) is 47.5 Å². The van der Waals surface area contributed by atoms with Crippen molar-refractivity contribution in [3.8, 4) is 5.88 Å². The molecule has 0 bridgehead atoms. The molecule has 2 fully saturated rings. The third kappa shape index (κ3) is 4.33. The Morgan fingerprint density at radius 1 is 1.22 bits per heavy atom. The summed E-state index contributed by atoms with van der Waals surface area (Å²) in [5.41, 5.74) is 0.796. The fraction of sp³-hybridized carbons (Fsp3) is 0.750. The molecule has 128 valence electrons. The molecule has 0 aromatic carbocycles. The Hall–Kier alpha value is -0.920. The molecule has 0 radical (unpaired) electrons. The highest BCUT2D eigenvalue weighted by atomic mass is 79.9. The maximum atomic E-state index is 5.90. The Balaban J connectivity index is 1.74. The van der Waals surface area contributed by atoms with Gasteiger partial charge in [-0.1, -0.05) is 6.92 Å². The fourth-order valence-electron chi connectivity index (χ4n) is 2.87. The normalized spacial score (nSPS) is 25.0. The highest BCUT2D eigenvalue weighted by molar-refractivity contribution is 9.10. The van der Waals surface area contributed by atoms with Gasteiger partial charge in [-0.2, -0.15) is 4.98 Å². The van der Waals surface area contributed by atoms with E-state index in [1.807, 2.05) is 0 Å². The van der Waals surface area contributed by atoms with Crippen molar-refractivity contribution in [2.75, 3.05) is 25.6 Å². The smallest absolute Gasteiger partial charge is 0.233 e. The maximum Gasteiger partial charge on any atom is 0.233 e. The molecule has 2 aliphatic rings. The summed E-state index contributed by atoms with van der Waals surface area (Å²) in [7, 11) is 1.66. The van der Waals surface area contributed by atoms with E-state index in [4.69, 9.17) is 14.2 Å². The summed E-state index contributed by atoms with van der Waals surface area (Å²) < 4.78 is 17.1. The number of methoxy groups -OCH3 is 1. The van der Waals surface area contributed by atoms with Crippen LogP contribution in [0, 0.1) is 5.92 Å². The third-order valence-corrected chi connectivity index (χ3v) is 5.20. The lowest BCUT2D eigenvalue weighted by Gasteiger charge is -2.28. The van der Waals surface area contributed by atoms with Crippen LogP contribution in [0.25, 0.3) is 0 Å². The number of nitrogens with one attached hydrogen (secondary N) is 1. The number of ether oxygens (including phenoxy) is 3. The molecule has 3 rings (SSSR count). The summed E-state index contributed by atoms with van der Waals surface area (Å²) in [6, 6.07) is 0.433. The number of anilines is 1. The quantitative estimate of drug-likeness (QED) is 0.810. The molecule has 0 atom stereocenters. The van der Waals surface area contributed by atoms with Crippen molar-refractivity contribution < 1.29 is 14.2 Å². The lowest BCUT2D eigenvalue weighted by atomic mass is 9.87. The van der Waals surface area contributed by atoms with Crippen LogP contribution in [0.3, 0.4) is 0 Å². The summed E-state index contributed by atoms with van der Waals surface area (Å²) in [5.74, 6) is 2.00. The molecule has 1 aromatic heterocycles. The van der Waals surface area contributed by atoms with Crippen LogP contribution in [-0.4, -0.2) is 42.4 Å². The molecule has 6 nitrogen and oxygen atoms in total. The number of aromatic nitrogens is 2. The van der Waals surface area contributed by atoms with Gasteiger partial charge < -0.3 is 19.5 Å². The fourth-order valence-corrected chi connectivity index (χ4v) is 3.26. The van der Waals surface area contributed by atoms with Gasteiger partial charge in [0, 0.05) is 13.2 Å². The number of halogens is 1. The standard InChI is InChI=1S/C16H24BrN3O3/c1-10-3-5-11(6-4-10)18-16-19-13(9-21-2)14(17)15(20-16)23-12-7-22-8-12/h10-12H,3-9H2,1-2H3,(H,18,19,20)/t10-,11-. The lowest BCUT2D eigenvalue weighted by molar-refractivity contribution is -0.0817. The highest BCUT2D eigenvalue weighted by Crippen LogP contribution is 2.31. The van der Waals surface area contributed by atoms with Crippen molar-refractivity contribution in [2.24, 2.45) is 5.92 Å². The van der Waals surface area contributed by atoms with Gasteiger partial charge in [-0.3, -0.25) is 0 Å². The van der Waals surface area contributed by atoms with Crippen LogP contribution in [0.2, 0.25) is 0 Å². The van der Waals surface area contributed by atoms with Gasteiger partial charge in [0.15, 0.2) is 0 Å². The van der Waals surface area contributed by atoms with Gasteiger partial charge in [0.25, 0.3) is 0 Å². The summed E-state index contributed by atoms with van der Waals surface area (Å²) in [4.78, 5) is 9.13. The molecular weight excluding hydrogens is 362 g/mol. The zero-order valence-corrected chi connectivity index (χ0v) is 15.3. The van der Waals surface area contributed by atoms with E-state index in [2.05, 4.69) is 38.1 Å². The first-order valence-corrected chi connectivity index (χ1v) is 9.01. The SMILES string of the molecule is COCc1nc(N[C@H]2CC[C@H](C)CC2)nc(OC2COC2)c1Br. The zero-order valence-electron chi connectivity index (χ0n) is 13.7. The monoisotopic (exact) mass is 385 g/mol. The lowest BCUT2D eigenvalue weighted by Crippen LogP contribution is -2.39. The van der Waals surface area contributed by atoms with E-state index >= 15 is 0 Å². The van der Waals surface area contributed by atoms with Crippen molar-refractivity contribution in [1.29, 1.82) is 0 Å². The van der Waals surface area contributed by atoms with E-state index in [1.54, 1.807) is 7.11 Å². The van der Waals surface area contributed by atoms with Crippen LogP contribution in [0.1, 0.15) is 38.3 Å². The molecule has 1 aromatic rings. The third-order valence-electron chi connectivity index (χ3n) is 4.41. The average Bonchev–Trinajstić information content (AvgIpc) is 2.49. The van der Waals surface area contributed by atoms with Crippen molar-refractivity contribution >= 4 is 21.9 Å². The molecule has 1 aliphatic carbocycles. The van der Waals surface area contributed by atoms with Gasteiger partial charge in [0.2, 0.25) is 11.8 Å². The van der Waals surface area contributed by atoms with E-state index in [-0.39, 0.29) is 6.10 Å². The molecule has 23 heavy (non-hydrogen) atoms. The summed E-state index contributed by atoms with van der Waals surface area (Å²) in [6.07, 6.45) is 4.89. The molecule has 1 saturated carbocycles. The molecule has 0 amide bonds. The predicted octanol–water partition coefficient (Wildman–Crippen LogP) is 3.15. The minimum Gasteiger partial charge on any atom is -0.468 e. The summed E-state index contributed by atoms with van der Waals surface area (Å²) >= 11 is 3.53. The van der Waals surface area contributed by atoms with Gasteiger partial charge >= 0.3 is 0 Å². The van der Waals surface area contributed by atoms with Crippen LogP contribution >= 0.6 is 15.9 Å². The molecule has 2 heterocycles. The molecule has 7 heteroatoms. The van der Waals surface area contributed by atoms with Gasteiger partial charge in [-0.15, -0.1) is 0 Å². The van der Waals surface area contributed by atoms with Gasteiger partial charge in [-0.25, -0.2) is 4.98 Å². The van der Waals surface area contributed by atoms with Crippen molar-refractivity contribution in [2.45, 2.75) is 51.4 Å². The Morgan fingerprint density at radius 2 is 1.96 bits per heavy atom. The average molecular weight is 386 g/mol. The van der Waals surface area contributed by atoms with Crippen LogP contribution in [0.4, 0.5) is 5.95 Å². The first-order valence-electron chi connectivity index (χ1n) is 8.22.